The molecule has 1 unspecified atom stereocenters. The Balaban J connectivity index is 2.67. The monoisotopic (exact) mass is 199 g/mol. The van der Waals surface area contributed by atoms with Gasteiger partial charge in [-0.2, -0.15) is 0 Å². The van der Waals surface area contributed by atoms with Crippen LogP contribution in [0.3, 0.4) is 0 Å². The zero-order valence-corrected chi connectivity index (χ0v) is 8.02. The molecule has 1 N–H and O–H groups in total. The van der Waals surface area contributed by atoms with E-state index in [1.54, 1.807) is 0 Å². The molecule has 0 aromatic carbocycles. The third-order valence-electron chi connectivity index (χ3n) is 2.45. The molecular weight excluding hydrogens is 186 g/mol. The van der Waals surface area contributed by atoms with Gasteiger partial charge in [0.2, 0.25) is 5.91 Å². The molecule has 1 amide bonds. The van der Waals surface area contributed by atoms with E-state index in [9.17, 15) is 14.4 Å². The summed E-state index contributed by atoms with van der Waals surface area (Å²) in [6, 6.07) is 0. The molecule has 0 aliphatic carbocycles. The zero-order valence-electron chi connectivity index (χ0n) is 8.02. The van der Waals surface area contributed by atoms with Crippen LogP contribution in [0.25, 0.3) is 0 Å². The van der Waals surface area contributed by atoms with Crippen LogP contribution in [0.15, 0.2) is 0 Å². The topological polar surface area (TPSA) is 74.7 Å². The van der Waals surface area contributed by atoms with Gasteiger partial charge in [-0.25, -0.2) is 0 Å². The summed E-state index contributed by atoms with van der Waals surface area (Å²) in [7, 11) is 0. The molecule has 78 valence electrons. The van der Waals surface area contributed by atoms with Crippen molar-refractivity contribution in [2.24, 2.45) is 5.92 Å². The number of carbonyl (C=O) groups excluding carboxylic acids is 2. The normalized spacial score (nSPS) is 23.1. The maximum atomic E-state index is 11.3. The number of ketones is 1. The van der Waals surface area contributed by atoms with Gasteiger partial charge in [0.05, 0.1) is 0 Å². The molecule has 0 aromatic heterocycles. The van der Waals surface area contributed by atoms with Crippen LogP contribution in [-0.2, 0) is 14.4 Å². The lowest BCUT2D eigenvalue weighted by Gasteiger charge is -2.17. The van der Waals surface area contributed by atoms with E-state index in [0.717, 1.165) is 0 Å². The predicted molar refractivity (Wildman–Crippen MR) is 47.6 cm³/mol. The van der Waals surface area contributed by atoms with Crippen molar-refractivity contribution in [2.75, 3.05) is 13.1 Å². The van der Waals surface area contributed by atoms with E-state index in [-0.39, 0.29) is 24.5 Å². The van der Waals surface area contributed by atoms with E-state index in [1.165, 1.54) is 11.8 Å². The minimum absolute atomic E-state index is 0.108. The summed E-state index contributed by atoms with van der Waals surface area (Å²) in [5.41, 5.74) is 0. The number of Topliss-reactive ketones (excluding diaryl/α,β-unsaturated/α-hetero) is 1. The van der Waals surface area contributed by atoms with Crippen molar-refractivity contribution in [1.29, 1.82) is 0 Å². The highest BCUT2D eigenvalue weighted by Gasteiger charge is 2.30. The summed E-state index contributed by atoms with van der Waals surface area (Å²) in [6.45, 7) is 2.13. The van der Waals surface area contributed by atoms with Crippen LogP contribution < -0.4 is 0 Å². The van der Waals surface area contributed by atoms with E-state index in [4.69, 9.17) is 5.11 Å². The van der Waals surface area contributed by atoms with Crippen LogP contribution in [0.1, 0.15) is 19.8 Å². The van der Waals surface area contributed by atoms with Crippen LogP contribution in [0.2, 0.25) is 0 Å². The molecule has 1 rings (SSSR count). The van der Waals surface area contributed by atoms with Crippen LogP contribution in [0, 0.1) is 5.92 Å². The first-order valence-corrected chi connectivity index (χ1v) is 4.53. The third kappa shape index (κ3) is 2.31. The van der Waals surface area contributed by atoms with Crippen molar-refractivity contribution in [1.82, 2.24) is 4.90 Å². The molecule has 1 heterocycles. The second kappa shape index (κ2) is 4.21. The van der Waals surface area contributed by atoms with Crippen LogP contribution in [-0.4, -0.2) is 40.8 Å². The Hall–Kier alpha value is -1.39. The highest BCUT2D eigenvalue weighted by molar-refractivity contribution is 5.98. The fourth-order valence-corrected chi connectivity index (χ4v) is 1.55. The quantitative estimate of drug-likeness (QED) is 0.598. The molecule has 1 saturated heterocycles. The number of carboxylic acids is 1. The second-order valence-corrected chi connectivity index (χ2v) is 3.40. The number of hydrogen-bond acceptors (Lipinski definition) is 3. The number of hydrogen-bond donors (Lipinski definition) is 1. The van der Waals surface area contributed by atoms with E-state index >= 15 is 0 Å². The lowest BCUT2D eigenvalue weighted by Crippen LogP contribution is -2.29. The summed E-state index contributed by atoms with van der Waals surface area (Å²) in [5, 5.41) is 8.73. The number of amides is 1. The lowest BCUT2D eigenvalue weighted by molar-refractivity contribution is -0.146. The Morgan fingerprint density at radius 2 is 2.07 bits per heavy atom. The molecule has 1 aliphatic rings. The number of rotatable bonds is 1. The fraction of sp³-hybridized carbons (Fsp3) is 0.667. The summed E-state index contributed by atoms with van der Waals surface area (Å²) in [4.78, 5) is 34.5. The summed E-state index contributed by atoms with van der Waals surface area (Å²) < 4.78 is 0. The molecule has 5 nitrogen and oxygen atoms in total. The molecule has 0 bridgehead atoms. The maximum Gasteiger partial charge on any atom is 0.314 e. The first-order chi connectivity index (χ1) is 6.52. The van der Waals surface area contributed by atoms with Gasteiger partial charge < -0.3 is 10.0 Å². The standard InChI is InChI=1S/C9H13NO4/c1-6(11)10-4-2-7(9(13)14)8(12)3-5-10/h7H,2-5H2,1H3,(H,13,14). The molecule has 5 heteroatoms. The van der Waals surface area contributed by atoms with Gasteiger partial charge in [0.15, 0.2) is 0 Å². The molecule has 1 aliphatic heterocycles. The average molecular weight is 199 g/mol. The molecule has 14 heavy (non-hydrogen) atoms. The van der Waals surface area contributed by atoms with Gasteiger partial charge in [-0.3, -0.25) is 14.4 Å². The second-order valence-electron chi connectivity index (χ2n) is 3.40. The van der Waals surface area contributed by atoms with Gasteiger partial charge in [-0.1, -0.05) is 0 Å². The van der Waals surface area contributed by atoms with Crippen LogP contribution in [0.4, 0.5) is 0 Å². The number of carboxylic acid groups (broad SMARTS) is 1. The highest BCUT2D eigenvalue weighted by atomic mass is 16.4. The zero-order chi connectivity index (χ0) is 10.7. The Labute approximate surface area is 81.7 Å². The van der Waals surface area contributed by atoms with E-state index in [1.807, 2.05) is 0 Å². The Morgan fingerprint density at radius 1 is 1.43 bits per heavy atom. The van der Waals surface area contributed by atoms with Crippen molar-refractivity contribution in [3.8, 4) is 0 Å². The largest absolute Gasteiger partial charge is 0.481 e. The molecule has 0 radical (unpaired) electrons. The van der Waals surface area contributed by atoms with Gasteiger partial charge in [0, 0.05) is 26.4 Å². The number of likely N-dealkylation sites (tertiary alicyclic amines) is 1. The average Bonchev–Trinajstić information content (AvgIpc) is 2.26. The Kier molecular flexibility index (Phi) is 3.22. The number of nitrogens with zero attached hydrogens (tertiary/aromatic N) is 1. The summed E-state index contributed by atoms with van der Waals surface area (Å²) in [6.07, 6.45) is 0.379. The molecular formula is C9H13NO4. The minimum Gasteiger partial charge on any atom is -0.481 e. The van der Waals surface area contributed by atoms with Gasteiger partial charge in [0.1, 0.15) is 11.7 Å². The summed E-state index contributed by atoms with van der Waals surface area (Å²) in [5.74, 6) is -2.40. The smallest absolute Gasteiger partial charge is 0.314 e. The number of carbonyl (C=O) groups is 3. The molecule has 1 fully saturated rings. The van der Waals surface area contributed by atoms with Gasteiger partial charge in [-0.05, 0) is 6.42 Å². The van der Waals surface area contributed by atoms with Crippen molar-refractivity contribution >= 4 is 17.7 Å². The highest BCUT2D eigenvalue weighted by Crippen LogP contribution is 2.14. The van der Waals surface area contributed by atoms with Gasteiger partial charge >= 0.3 is 5.97 Å². The lowest BCUT2D eigenvalue weighted by atomic mass is 10.00. The van der Waals surface area contributed by atoms with Crippen LogP contribution in [0.5, 0.6) is 0 Å². The first kappa shape index (κ1) is 10.7. The molecule has 0 aromatic rings. The van der Waals surface area contributed by atoms with Gasteiger partial charge in [0.25, 0.3) is 0 Å². The molecule has 0 spiro atoms. The predicted octanol–water partition coefficient (Wildman–Crippen LogP) is -0.101. The van der Waals surface area contributed by atoms with Crippen LogP contribution >= 0.6 is 0 Å². The van der Waals surface area contributed by atoms with Crippen molar-refractivity contribution in [3.63, 3.8) is 0 Å². The molecule has 1 atom stereocenters. The van der Waals surface area contributed by atoms with E-state index in [2.05, 4.69) is 0 Å². The van der Waals surface area contributed by atoms with E-state index < -0.39 is 11.9 Å². The summed E-state index contributed by atoms with van der Waals surface area (Å²) >= 11 is 0. The third-order valence-corrected chi connectivity index (χ3v) is 2.45. The fourth-order valence-electron chi connectivity index (χ4n) is 1.55. The first-order valence-electron chi connectivity index (χ1n) is 4.53. The van der Waals surface area contributed by atoms with E-state index in [0.29, 0.717) is 13.1 Å². The minimum atomic E-state index is -1.08. The van der Waals surface area contributed by atoms with Crippen molar-refractivity contribution in [2.45, 2.75) is 19.8 Å². The molecule has 0 saturated carbocycles. The van der Waals surface area contributed by atoms with Gasteiger partial charge in [-0.15, -0.1) is 0 Å². The SMILES string of the molecule is CC(=O)N1CCC(=O)C(C(=O)O)CC1. The van der Waals surface area contributed by atoms with Crippen molar-refractivity contribution < 1.29 is 19.5 Å². The number of aliphatic carboxylic acids is 1. The Morgan fingerprint density at radius 3 is 2.57 bits per heavy atom. The Bertz CT molecular complexity index is 274. The van der Waals surface area contributed by atoms with Crippen molar-refractivity contribution in [3.05, 3.63) is 0 Å². The maximum absolute atomic E-state index is 11.3.